The summed E-state index contributed by atoms with van der Waals surface area (Å²) < 4.78 is 22.4. The number of carbonyl (C=O) groups is 1. The van der Waals surface area contributed by atoms with Crippen molar-refractivity contribution in [2.75, 3.05) is 21.3 Å². The number of benzene rings is 2. The summed E-state index contributed by atoms with van der Waals surface area (Å²) >= 11 is 0. The lowest BCUT2D eigenvalue weighted by Crippen LogP contribution is -2.30. The number of pyridine rings is 1. The molecule has 2 heterocycles. The number of ketones is 1. The molecule has 0 amide bonds. The van der Waals surface area contributed by atoms with Gasteiger partial charge in [-0.05, 0) is 23.8 Å². The maximum absolute atomic E-state index is 13.7. The lowest BCUT2D eigenvalue weighted by Gasteiger charge is -2.34. The number of hydrogen-bond acceptors (Lipinski definition) is 6. The first-order chi connectivity index (χ1) is 14.2. The first kappa shape index (κ1) is 18.8. The standard InChI is InChI=1S/C23H21NO5/c1-26-16-8-6-14(7-9-16)20-22(25)21-18(28-3)11-17(27-2)12-19(21)29-23(20)15-5-4-10-24-13-15/h4-13,20,23H,1-3H3. The molecule has 0 saturated heterocycles. The van der Waals surface area contributed by atoms with Crippen LogP contribution in [0.25, 0.3) is 0 Å². The molecule has 6 heteroatoms. The zero-order chi connectivity index (χ0) is 20.4. The second-order valence-corrected chi connectivity index (χ2v) is 6.64. The molecule has 1 aliphatic heterocycles. The summed E-state index contributed by atoms with van der Waals surface area (Å²) in [6.07, 6.45) is 2.88. The van der Waals surface area contributed by atoms with Gasteiger partial charge in [0.2, 0.25) is 0 Å². The molecule has 0 aliphatic carbocycles. The van der Waals surface area contributed by atoms with Crippen LogP contribution in [0, 0.1) is 0 Å². The number of fused-ring (bicyclic) bond motifs is 1. The molecule has 0 N–H and O–H groups in total. The van der Waals surface area contributed by atoms with Crippen LogP contribution >= 0.6 is 0 Å². The summed E-state index contributed by atoms with van der Waals surface area (Å²) in [4.78, 5) is 17.9. The molecule has 0 bridgehead atoms. The number of Topliss-reactive ketones (excluding diaryl/α,β-unsaturated/α-hetero) is 1. The highest BCUT2D eigenvalue weighted by atomic mass is 16.5. The Balaban J connectivity index is 1.88. The Morgan fingerprint density at radius 2 is 1.66 bits per heavy atom. The van der Waals surface area contributed by atoms with Gasteiger partial charge < -0.3 is 18.9 Å². The molecule has 0 fully saturated rings. The van der Waals surface area contributed by atoms with E-state index in [2.05, 4.69) is 4.98 Å². The van der Waals surface area contributed by atoms with Crippen molar-refractivity contribution in [2.45, 2.75) is 12.0 Å². The predicted molar refractivity (Wildman–Crippen MR) is 107 cm³/mol. The molecule has 1 aromatic heterocycles. The minimum atomic E-state index is -0.556. The summed E-state index contributed by atoms with van der Waals surface area (Å²) in [5.41, 5.74) is 2.05. The van der Waals surface area contributed by atoms with Crippen LogP contribution in [0.2, 0.25) is 0 Å². The third kappa shape index (κ3) is 3.38. The Labute approximate surface area is 169 Å². The number of ether oxygens (including phenoxy) is 4. The smallest absolute Gasteiger partial charge is 0.181 e. The van der Waals surface area contributed by atoms with Gasteiger partial charge in [-0.15, -0.1) is 0 Å². The minimum Gasteiger partial charge on any atom is -0.497 e. The topological polar surface area (TPSA) is 66.9 Å². The Morgan fingerprint density at radius 3 is 2.28 bits per heavy atom. The van der Waals surface area contributed by atoms with Crippen LogP contribution < -0.4 is 18.9 Å². The van der Waals surface area contributed by atoms with Gasteiger partial charge in [-0.3, -0.25) is 9.78 Å². The average molecular weight is 391 g/mol. The summed E-state index contributed by atoms with van der Waals surface area (Å²) in [7, 11) is 4.69. The largest absolute Gasteiger partial charge is 0.497 e. The molecule has 29 heavy (non-hydrogen) atoms. The van der Waals surface area contributed by atoms with E-state index in [1.165, 1.54) is 7.11 Å². The third-order valence-corrected chi connectivity index (χ3v) is 5.07. The van der Waals surface area contributed by atoms with Gasteiger partial charge in [0.05, 0.1) is 27.2 Å². The van der Waals surface area contributed by atoms with Crippen LogP contribution in [0.5, 0.6) is 23.0 Å². The lowest BCUT2D eigenvalue weighted by atomic mass is 9.81. The highest BCUT2D eigenvalue weighted by Gasteiger charge is 2.41. The first-order valence-corrected chi connectivity index (χ1v) is 9.17. The van der Waals surface area contributed by atoms with Crippen LogP contribution in [-0.4, -0.2) is 32.1 Å². The number of methoxy groups -OCH3 is 3. The van der Waals surface area contributed by atoms with Gasteiger partial charge in [0.15, 0.2) is 5.78 Å². The van der Waals surface area contributed by atoms with Gasteiger partial charge in [0, 0.05) is 30.1 Å². The summed E-state index contributed by atoms with van der Waals surface area (Å²) in [5, 5.41) is 0. The maximum atomic E-state index is 13.7. The lowest BCUT2D eigenvalue weighted by molar-refractivity contribution is 0.0774. The molecule has 4 rings (SSSR count). The second kappa shape index (κ2) is 7.83. The van der Waals surface area contributed by atoms with E-state index in [-0.39, 0.29) is 5.78 Å². The van der Waals surface area contributed by atoms with Gasteiger partial charge in [0.1, 0.15) is 34.7 Å². The Morgan fingerprint density at radius 1 is 0.897 bits per heavy atom. The maximum Gasteiger partial charge on any atom is 0.181 e. The molecular formula is C23H21NO5. The molecule has 1 aliphatic rings. The zero-order valence-electron chi connectivity index (χ0n) is 16.4. The number of hydrogen-bond donors (Lipinski definition) is 0. The van der Waals surface area contributed by atoms with Crippen molar-refractivity contribution >= 4 is 5.78 Å². The van der Waals surface area contributed by atoms with Gasteiger partial charge in [-0.2, -0.15) is 0 Å². The van der Waals surface area contributed by atoms with Gasteiger partial charge >= 0.3 is 0 Å². The van der Waals surface area contributed by atoms with Crippen molar-refractivity contribution in [1.82, 2.24) is 4.98 Å². The fourth-order valence-corrected chi connectivity index (χ4v) is 3.62. The zero-order valence-corrected chi connectivity index (χ0v) is 16.4. The molecule has 0 spiro atoms. The van der Waals surface area contributed by atoms with E-state index >= 15 is 0 Å². The van der Waals surface area contributed by atoms with Gasteiger partial charge in [-0.25, -0.2) is 0 Å². The normalized spacial score (nSPS) is 17.8. The molecule has 6 nitrogen and oxygen atoms in total. The summed E-state index contributed by atoms with van der Waals surface area (Å²) in [5.74, 6) is 1.50. The van der Waals surface area contributed by atoms with Crippen molar-refractivity contribution in [3.63, 3.8) is 0 Å². The Kier molecular flexibility index (Phi) is 5.08. The van der Waals surface area contributed by atoms with E-state index in [4.69, 9.17) is 18.9 Å². The van der Waals surface area contributed by atoms with Crippen LogP contribution in [0.15, 0.2) is 60.9 Å². The second-order valence-electron chi connectivity index (χ2n) is 6.64. The Bertz CT molecular complexity index is 1020. The molecule has 0 radical (unpaired) electrons. The molecule has 3 aromatic rings. The van der Waals surface area contributed by atoms with Crippen LogP contribution in [0.4, 0.5) is 0 Å². The third-order valence-electron chi connectivity index (χ3n) is 5.07. The van der Waals surface area contributed by atoms with Gasteiger partial charge in [0.25, 0.3) is 0 Å². The van der Waals surface area contributed by atoms with Crippen LogP contribution in [-0.2, 0) is 0 Å². The highest BCUT2D eigenvalue weighted by molar-refractivity contribution is 6.07. The predicted octanol–water partition coefficient (Wildman–Crippen LogP) is 4.21. The van der Waals surface area contributed by atoms with E-state index in [1.54, 1.807) is 38.7 Å². The van der Waals surface area contributed by atoms with E-state index in [9.17, 15) is 4.79 Å². The van der Waals surface area contributed by atoms with E-state index in [0.29, 0.717) is 22.8 Å². The number of rotatable bonds is 5. The quantitative estimate of drug-likeness (QED) is 0.649. The van der Waals surface area contributed by atoms with Crippen LogP contribution in [0.3, 0.4) is 0 Å². The minimum absolute atomic E-state index is 0.0789. The first-order valence-electron chi connectivity index (χ1n) is 9.17. The SMILES string of the molecule is COc1ccc(C2C(=O)c3c(OC)cc(OC)cc3OC2c2cccnc2)cc1. The fourth-order valence-electron chi connectivity index (χ4n) is 3.62. The molecule has 148 valence electrons. The van der Waals surface area contributed by atoms with Crippen molar-refractivity contribution in [2.24, 2.45) is 0 Å². The van der Waals surface area contributed by atoms with E-state index in [1.807, 2.05) is 36.4 Å². The van der Waals surface area contributed by atoms with Gasteiger partial charge in [-0.1, -0.05) is 18.2 Å². The Hall–Kier alpha value is -3.54. The summed E-state index contributed by atoms with van der Waals surface area (Å²) in [6.45, 7) is 0. The molecular weight excluding hydrogens is 370 g/mol. The molecule has 2 atom stereocenters. The molecule has 2 unspecified atom stereocenters. The average Bonchev–Trinajstić information content (AvgIpc) is 2.78. The van der Waals surface area contributed by atoms with E-state index in [0.717, 1.165) is 16.9 Å². The van der Waals surface area contributed by atoms with E-state index < -0.39 is 12.0 Å². The highest BCUT2D eigenvalue weighted by Crippen LogP contribution is 2.48. The fraction of sp³-hybridized carbons (Fsp3) is 0.217. The van der Waals surface area contributed by atoms with Crippen LogP contribution in [0.1, 0.15) is 33.5 Å². The van der Waals surface area contributed by atoms with Crippen molar-refractivity contribution in [3.05, 3.63) is 77.6 Å². The van der Waals surface area contributed by atoms with Crippen molar-refractivity contribution in [1.29, 1.82) is 0 Å². The molecule has 0 saturated carbocycles. The van der Waals surface area contributed by atoms with Crippen molar-refractivity contribution < 1.29 is 23.7 Å². The monoisotopic (exact) mass is 391 g/mol. The number of nitrogens with zero attached hydrogens (tertiary/aromatic N) is 1. The number of carbonyl (C=O) groups excluding carboxylic acids is 1. The summed E-state index contributed by atoms with van der Waals surface area (Å²) in [6, 6.07) is 14.6. The molecule has 2 aromatic carbocycles. The number of aromatic nitrogens is 1. The van der Waals surface area contributed by atoms with Crippen molar-refractivity contribution in [3.8, 4) is 23.0 Å².